The van der Waals surface area contributed by atoms with Crippen LogP contribution >= 0.6 is 23.2 Å². The Bertz CT molecular complexity index is 805. The van der Waals surface area contributed by atoms with Gasteiger partial charge in [0.25, 0.3) is 0 Å². The zero-order chi connectivity index (χ0) is 16.3. The van der Waals surface area contributed by atoms with Gasteiger partial charge in [-0.1, -0.05) is 53.5 Å². The van der Waals surface area contributed by atoms with Gasteiger partial charge in [-0.2, -0.15) is 0 Å². The monoisotopic (exact) mass is 357 g/mol. The molecule has 116 valence electrons. The number of carbonyl (C=O) groups excluding carboxylic acids is 1. The Kier molecular flexibility index (Phi) is 5.24. The largest absolute Gasteiger partial charge is 0.294 e. The van der Waals surface area contributed by atoms with E-state index in [1.165, 1.54) is 19.1 Å². The number of ketones is 1. The van der Waals surface area contributed by atoms with Crippen molar-refractivity contribution in [2.24, 2.45) is 0 Å². The number of rotatable bonds is 5. The van der Waals surface area contributed by atoms with Crippen LogP contribution in [0.5, 0.6) is 0 Å². The molecule has 0 bridgehead atoms. The molecule has 22 heavy (non-hydrogen) atoms. The highest BCUT2D eigenvalue weighted by Gasteiger charge is 2.21. The minimum absolute atomic E-state index is 0.0319. The summed E-state index contributed by atoms with van der Waals surface area (Å²) in [5.74, 6) is -0.332. The third-order valence-electron chi connectivity index (χ3n) is 3.00. The fourth-order valence-electron chi connectivity index (χ4n) is 1.86. The van der Waals surface area contributed by atoms with E-state index in [0.717, 1.165) is 5.56 Å². The number of Topliss-reactive ketones (excluding diaryl/α,β-unsaturated/α-hetero) is 1. The van der Waals surface area contributed by atoms with Gasteiger partial charge in [-0.15, -0.1) is 0 Å². The maximum absolute atomic E-state index is 12.4. The SMILES string of the molecule is CC(=O)c1cc(S(=O)(=O)NCc2ccccc2)c(Cl)cc1Cl. The van der Waals surface area contributed by atoms with Crippen LogP contribution in [0.3, 0.4) is 0 Å². The van der Waals surface area contributed by atoms with Crippen molar-refractivity contribution in [2.75, 3.05) is 0 Å². The first kappa shape index (κ1) is 17.0. The van der Waals surface area contributed by atoms with Crippen molar-refractivity contribution < 1.29 is 13.2 Å². The molecule has 0 unspecified atom stereocenters. The molecule has 0 spiro atoms. The van der Waals surface area contributed by atoms with Gasteiger partial charge in [0.15, 0.2) is 5.78 Å². The fraction of sp³-hybridized carbons (Fsp3) is 0.133. The summed E-state index contributed by atoms with van der Waals surface area (Å²) >= 11 is 11.9. The van der Waals surface area contributed by atoms with Crippen molar-refractivity contribution in [3.8, 4) is 0 Å². The maximum atomic E-state index is 12.4. The Morgan fingerprint density at radius 2 is 1.73 bits per heavy atom. The number of hydrogen-bond donors (Lipinski definition) is 1. The lowest BCUT2D eigenvalue weighted by Gasteiger charge is -2.10. The van der Waals surface area contributed by atoms with E-state index in [1.54, 1.807) is 12.1 Å². The van der Waals surface area contributed by atoms with Crippen molar-refractivity contribution in [2.45, 2.75) is 18.4 Å². The molecule has 1 N–H and O–H groups in total. The highest BCUT2D eigenvalue weighted by molar-refractivity contribution is 7.89. The molecule has 0 radical (unpaired) electrons. The molecule has 0 saturated carbocycles. The molecular weight excluding hydrogens is 345 g/mol. The zero-order valence-electron chi connectivity index (χ0n) is 11.6. The zero-order valence-corrected chi connectivity index (χ0v) is 14.0. The van der Waals surface area contributed by atoms with Crippen molar-refractivity contribution in [1.29, 1.82) is 0 Å². The highest BCUT2D eigenvalue weighted by atomic mass is 35.5. The molecule has 2 aromatic rings. The van der Waals surface area contributed by atoms with Gasteiger partial charge < -0.3 is 0 Å². The predicted octanol–water partition coefficient (Wildman–Crippen LogP) is 3.67. The van der Waals surface area contributed by atoms with Crippen molar-refractivity contribution in [1.82, 2.24) is 4.72 Å². The summed E-state index contributed by atoms with van der Waals surface area (Å²) in [6, 6.07) is 11.5. The number of carbonyl (C=O) groups is 1. The smallest absolute Gasteiger partial charge is 0.242 e. The minimum atomic E-state index is -3.85. The molecule has 0 aliphatic rings. The molecule has 4 nitrogen and oxygen atoms in total. The lowest BCUT2D eigenvalue weighted by molar-refractivity contribution is 0.101. The molecule has 0 atom stereocenters. The van der Waals surface area contributed by atoms with E-state index in [4.69, 9.17) is 23.2 Å². The van der Waals surface area contributed by atoms with E-state index >= 15 is 0 Å². The fourth-order valence-corrected chi connectivity index (χ4v) is 3.78. The Hall–Kier alpha value is -1.40. The van der Waals surface area contributed by atoms with Crippen molar-refractivity contribution in [3.63, 3.8) is 0 Å². The van der Waals surface area contributed by atoms with Crippen LogP contribution in [0.15, 0.2) is 47.4 Å². The number of hydrogen-bond acceptors (Lipinski definition) is 3. The molecule has 0 aromatic heterocycles. The summed E-state index contributed by atoms with van der Waals surface area (Å²) in [5, 5.41) is 0.0927. The van der Waals surface area contributed by atoms with Gasteiger partial charge in [0.1, 0.15) is 4.90 Å². The summed E-state index contributed by atoms with van der Waals surface area (Å²) in [6.45, 7) is 1.43. The number of nitrogens with one attached hydrogen (secondary N) is 1. The summed E-state index contributed by atoms with van der Waals surface area (Å²) in [7, 11) is -3.85. The average molecular weight is 358 g/mol. The van der Waals surface area contributed by atoms with Crippen molar-refractivity contribution >= 4 is 39.0 Å². The summed E-state index contributed by atoms with van der Waals surface area (Å²) < 4.78 is 27.2. The Balaban J connectivity index is 2.33. The first-order valence-corrected chi connectivity index (χ1v) is 8.59. The van der Waals surface area contributed by atoms with E-state index in [2.05, 4.69) is 4.72 Å². The van der Waals surface area contributed by atoms with Crippen LogP contribution in [0.25, 0.3) is 0 Å². The van der Waals surface area contributed by atoms with Gasteiger partial charge in [-0.05, 0) is 24.6 Å². The molecule has 0 aliphatic carbocycles. The lowest BCUT2D eigenvalue weighted by atomic mass is 10.1. The third kappa shape index (κ3) is 3.87. The third-order valence-corrected chi connectivity index (χ3v) is 5.18. The molecule has 0 amide bonds. The number of halogens is 2. The van der Waals surface area contributed by atoms with Gasteiger partial charge in [-0.3, -0.25) is 4.79 Å². The van der Waals surface area contributed by atoms with Crippen LogP contribution in [0.1, 0.15) is 22.8 Å². The van der Waals surface area contributed by atoms with Crippen LogP contribution in [-0.4, -0.2) is 14.2 Å². The Morgan fingerprint density at radius 3 is 2.32 bits per heavy atom. The second kappa shape index (κ2) is 6.79. The van der Waals surface area contributed by atoms with E-state index in [0.29, 0.717) is 0 Å². The number of benzene rings is 2. The molecule has 2 rings (SSSR count). The highest BCUT2D eigenvalue weighted by Crippen LogP contribution is 2.29. The molecule has 2 aromatic carbocycles. The molecule has 0 aliphatic heterocycles. The first-order chi connectivity index (χ1) is 10.3. The normalized spacial score (nSPS) is 11.4. The Morgan fingerprint density at radius 1 is 1.09 bits per heavy atom. The maximum Gasteiger partial charge on any atom is 0.242 e. The van der Waals surface area contributed by atoms with E-state index in [1.807, 2.05) is 18.2 Å². The summed E-state index contributed by atoms with van der Waals surface area (Å²) in [5.41, 5.74) is 0.925. The first-order valence-electron chi connectivity index (χ1n) is 6.35. The molecular formula is C15H13Cl2NO3S. The average Bonchev–Trinajstić information content (AvgIpc) is 2.45. The van der Waals surface area contributed by atoms with Crippen LogP contribution in [0.2, 0.25) is 10.0 Å². The van der Waals surface area contributed by atoms with Crippen LogP contribution < -0.4 is 4.72 Å². The standard InChI is InChI=1S/C15H13Cl2NO3S/c1-10(19)12-7-15(14(17)8-13(12)16)22(20,21)18-9-11-5-3-2-4-6-11/h2-8,18H,9H2,1H3. The quantitative estimate of drug-likeness (QED) is 0.830. The van der Waals surface area contributed by atoms with Crippen LogP contribution in [0, 0.1) is 0 Å². The number of sulfonamides is 1. The van der Waals surface area contributed by atoms with Gasteiger partial charge >= 0.3 is 0 Å². The van der Waals surface area contributed by atoms with Crippen LogP contribution in [0.4, 0.5) is 0 Å². The van der Waals surface area contributed by atoms with Crippen LogP contribution in [-0.2, 0) is 16.6 Å². The second-order valence-corrected chi connectivity index (χ2v) is 7.18. The predicted molar refractivity (Wildman–Crippen MR) is 86.9 cm³/mol. The van der Waals surface area contributed by atoms with E-state index in [9.17, 15) is 13.2 Å². The topological polar surface area (TPSA) is 63.2 Å². The van der Waals surface area contributed by atoms with Gasteiger partial charge in [0.2, 0.25) is 10.0 Å². The minimum Gasteiger partial charge on any atom is -0.294 e. The lowest BCUT2D eigenvalue weighted by Crippen LogP contribution is -2.23. The van der Waals surface area contributed by atoms with Gasteiger partial charge in [0.05, 0.1) is 10.0 Å². The van der Waals surface area contributed by atoms with E-state index in [-0.39, 0.29) is 32.8 Å². The van der Waals surface area contributed by atoms with Crippen molar-refractivity contribution in [3.05, 3.63) is 63.6 Å². The molecule has 0 fully saturated rings. The molecule has 0 heterocycles. The summed E-state index contributed by atoms with van der Waals surface area (Å²) in [4.78, 5) is 11.3. The molecule has 0 saturated heterocycles. The molecule has 7 heteroatoms. The summed E-state index contributed by atoms with van der Waals surface area (Å²) in [6.07, 6.45) is 0. The van der Waals surface area contributed by atoms with Gasteiger partial charge in [-0.25, -0.2) is 13.1 Å². The van der Waals surface area contributed by atoms with E-state index < -0.39 is 10.0 Å². The second-order valence-electron chi connectivity index (χ2n) is 4.63. The Labute approximate surface area is 139 Å². The van der Waals surface area contributed by atoms with Gasteiger partial charge in [0, 0.05) is 12.1 Å².